The van der Waals surface area contributed by atoms with Gasteiger partial charge in [-0.15, -0.1) is 0 Å². The number of anilines is 1. The van der Waals surface area contributed by atoms with E-state index in [-0.39, 0.29) is 24.0 Å². The van der Waals surface area contributed by atoms with Crippen molar-refractivity contribution in [2.24, 2.45) is 0 Å². The van der Waals surface area contributed by atoms with E-state index in [1.54, 1.807) is 4.90 Å². The number of ether oxygens (including phenoxy) is 1. The van der Waals surface area contributed by atoms with Crippen LogP contribution in [-0.2, 0) is 9.59 Å². The Morgan fingerprint density at radius 1 is 1.04 bits per heavy atom. The summed E-state index contributed by atoms with van der Waals surface area (Å²) in [6, 6.07) is 15.0. The summed E-state index contributed by atoms with van der Waals surface area (Å²) in [4.78, 5) is 27.7. The van der Waals surface area contributed by atoms with E-state index in [9.17, 15) is 9.59 Å². The first-order valence-corrected chi connectivity index (χ1v) is 10.0. The summed E-state index contributed by atoms with van der Waals surface area (Å²) in [5.41, 5.74) is 3.37. The summed E-state index contributed by atoms with van der Waals surface area (Å²) >= 11 is 6.02. The summed E-state index contributed by atoms with van der Waals surface area (Å²) in [6.45, 7) is 2.53. The average Bonchev–Trinajstić information content (AvgIpc) is 2.69. The van der Waals surface area contributed by atoms with Gasteiger partial charge in [0.15, 0.2) is 5.78 Å². The van der Waals surface area contributed by atoms with Crippen LogP contribution in [0.3, 0.4) is 0 Å². The van der Waals surface area contributed by atoms with Crippen LogP contribution < -0.4 is 9.64 Å². The number of Topliss-reactive ketones (excluding diaryl/α,β-unsaturated/α-hetero) is 1. The molecule has 0 saturated carbocycles. The van der Waals surface area contributed by atoms with Gasteiger partial charge in [0.25, 0.3) is 0 Å². The normalized spacial score (nSPS) is 19.6. The van der Waals surface area contributed by atoms with Crippen molar-refractivity contribution < 1.29 is 14.3 Å². The third kappa shape index (κ3) is 3.45. The molecule has 1 aliphatic heterocycles. The second-order valence-corrected chi connectivity index (χ2v) is 7.54. The Morgan fingerprint density at radius 3 is 2.43 bits per heavy atom. The van der Waals surface area contributed by atoms with Gasteiger partial charge in [0.1, 0.15) is 5.75 Å². The lowest BCUT2D eigenvalue weighted by atomic mass is 9.77. The van der Waals surface area contributed by atoms with Gasteiger partial charge in [-0.3, -0.25) is 14.5 Å². The molecule has 1 amide bonds. The van der Waals surface area contributed by atoms with Crippen molar-refractivity contribution in [3.05, 3.63) is 70.4 Å². The second-order valence-electron chi connectivity index (χ2n) is 7.10. The molecule has 144 valence electrons. The quantitative estimate of drug-likeness (QED) is 0.708. The Hall–Kier alpha value is -2.59. The third-order valence-electron chi connectivity index (χ3n) is 5.35. The molecule has 5 heteroatoms. The number of halogens is 1. The Bertz CT molecular complexity index is 931. The number of rotatable bonds is 4. The van der Waals surface area contributed by atoms with Crippen molar-refractivity contribution in [1.29, 1.82) is 0 Å². The van der Waals surface area contributed by atoms with Gasteiger partial charge in [-0.1, -0.05) is 23.7 Å². The maximum atomic E-state index is 13.1. The Balaban J connectivity index is 1.77. The van der Waals surface area contributed by atoms with Crippen LogP contribution >= 0.6 is 11.6 Å². The van der Waals surface area contributed by atoms with Crippen LogP contribution in [0.25, 0.3) is 0 Å². The molecule has 2 aliphatic rings. The fourth-order valence-electron chi connectivity index (χ4n) is 4.13. The minimum atomic E-state index is -0.202. The molecule has 0 aromatic heterocycles. The number of ketones is 1. The number of nitrogens with zero attached hydrogens (tertiary/aromatic N) is 1. The lowest BCUT2D eigenvalue weighted by Gasteiger charge is -2.38. The van der Waals surface area contributed by atoms with E-state index < -0.39 is 0 Å². The molecular formula is C23H22ClNO3. The minimum Gasteiger partial charge on any atom is -0.494 e. The van der Waals surface area contributed by atoms with Gasteiger partial charge < -0.3 is 4.74 Å². The summed E-state index contributed by atoms with van der Waals surface area (Å²) in [7, 11) is 0. The molecule has 0 radical (unpaired) electrons. The van der Waals surface area contributed by atoms with Crippen LogP contribution in [0.15, 0.2) is 59.8 Å². The SMILES string of the molecule is CCOc1ccc(N2C(=O)CC(c3ccc(Cl)cc3)C3=C2CCCC3=O)cc1. The molecule has 0 fully saturated rings. The fourth-order valence-corrected chi connectivity index (χ4v) is 4.26. The van der Waals surface area contributed by atoms with Crippen molar-refractivity contribution in [3.63, 3.8) is 0 Å². The Kier molecular flexibility index (Phi) is 5.23. The molecule has 2 aromatic rings. The van der Waals surface area contributed by atoms with Crippen molar-refractivity contribution in [1.82, 2.24) is 0 Å². The number of hydrogen-bond donors (Lipinski definition) is 0. The molecule has 28 heavy (non-hydrogen) atoms. The highest BCUT2D eigenvalue weighted by atomic mass is 35.5. The predicted molar refractivity (Wildman–Crippen MR) is 110 cm³/mol. The fraction of sp³-hybridized carbons (Fsp3) is 0.304. The largest absolute Gasteiger partial charge is 0.494 e. The molecule has 0 N–H and O–H groups in total. The zero-order valence-corrected chi connectivity index (χ0v) is 16.5. The van der Waals surface area contributed by atoms with Crippen LogP contribution in [0.1, 0.15) is 44.1 Å². The van der Waals surface area contributed by atoms with Crippen LogP contribution in [-0.4, -0.2) is 18.3 Å². The maximum Gasteiger partial charge on any atom is 0.232 e. The highest BCUT2D eigenvalue weighted by Crippen LogP contribution is 2.43. The molecule has 1 heterocycles. The van der Waals surface area contributed by atoms with Crippen molar-refractivity contribution in [2.75, 3.05) is 11.5 Å². The van der Waals surface area contributed by atoms with Crippen LogP contribution in [0.4, 0.5) is 5.69 Å². The topological polar surface area (TPSA) is 46.6 Å². The van der Waals surface area contributed by atoms with Gasteiger partial charge in [-0.25, -0.2) is 0 Å². The predicted octanol–water partition coefficient (Wildman–Crippen LogP) is 5.27. The van der Waals surface area contributed by atoms with Crippen molar-refractivity contribution >= 4 is 29.0 Å². The number of benzene rings is 2. The molecule has 2 aromatic carbocycles. The maximum absolute atomic E-state index is 13.1. The minimum absolute atomic E-state index is 0.0116. The first-order valence-electron chi connectivity index (χ1n) is 9.66. The zero-order chi connectivity index (χ0) is 19.7. The number of hydrogen-bond acceptors (Lipinski definition) is 3. The summed E-state index contributed by atoms with van der Waals surface area (Å²) < 4.78 is 5.50. The Morgan fingerprint density at radius 2 is 1.75 bits per heavy atom. The molecule has 1 aliphatic carbocycles. The van der Waals surface area contributed by atoms with Gasteiger partial charge in [0.05, 0.1) is 6.61 Å². The highest BCUT2D eigenvalue weighted by Gasteiger charge is 2.39. The molecular weight excluding hydrogens is 374 g/mol. The van der Waals surface area contributed by atoms with Gasteiger partial charge in [0.2, 0.25) is 5.91 Å². The monoisotopic (exact) mass is 395 g/mol. The lowest BCUT2D eigenvalue weighted by molar-refractivity contribution is -0.119. The van der Waals surface area contributed by atoms with E-state index in [2.05, 4.69) is 0 Å². The van der Waals surface area contributed by atoms with E-state index in [0.717, 1.165) is 41.1 Å². The molecule has 4 nitrogen and oxygen atoms in total. The summed E-state index contributed by atoms with van der Waals surface area (Å²) in [5.74, 6) is 0.720. The first kappa shape index (κ1) is 18.8. The zero-order valence-electron chi connectivity index (χ0n) is 15.8. The molecule has 1 unspecified atom stereocenters. The van der Waals surface area contributed by atoms with E-state index in [4.69, 9.17) is 16.3 Å². The smallest absolute Gasteiger partial charge is 0.232 e. The van der Waals surface area contributed by atoms with E-state index in [1.807, 2.05) is 55.5 Å². The molecule has 1 atom stereocenters. The van der Waals surface area contributed by atoms with Gasteiger partial charge in [-0.2, -0.15) is 0 Å². The average molecular weight is 396 g/mol. The first-order chi connectivity index (χ1) is 13.6. The highest BCUT2D eigenvalue weighted by molar-refractivity contribution is 6.30. The van der Waals surface area contributed by atoms with Crippen LogP contribution in [0, 0.1) is 0 Å². The van der Waals surface area contributed by atoms with Gasteiger partial charge in [-0.05, 0) is 61.7 Å². The lowest BCUT2D eigenvalue weighted by Crippen LogP contribution is -2.40. The van der Waals surface area contributed by atoms with Gasteiger partial charge >= 0.3 is 0 Å². The molecule has 0 bridgehead atoms. The standard InChI is InChI=1S/C23H22ClNO3/c1-2-28-18-12-10-17(11-13-18)25-20-4-3-5-21(26)23(20)19(14-22(25)27)15-6-8-16(24)9-7-15/h6-13,19H,2-5,14H2,1H3. The van der Waals surface area contributed by atoms with E-state index in [0.29, 0.717) is 18.1 Å². The number of allylic oxidation sites excluding steroid dienone is 2. The number of amides is 1. The number of carbonyl (C=O) groups excluding carboxylic acids is 2. The second kappa shape index (κ2) is 7.80. The summed E-state index contributed by atoms with van der Waals surface area (Å²) in [5, 5.41) is 0.645. The van der Waals surface area contributed by atoms with Crippen LogP contribution in [0.2, 0.25) is 5.02 Å². The van der Waals surface area contributed by atoms with Crippen LogP contribution in [0.5, 0.6) is 5.75 Å². The van der Waals surface area contributed by atoms with E-state index in [1.165, 1.54) is 0 Å². The Labute approximate surface area is 169 Å². The van der Waals surface area contributed by atoms with E-state index >= 15 is 0 Å². The number of carbonyl (C=O) groups is 2. The molecule has 0 saturated heterocycles. The van der Waals surface area contributed by atoms with Gasteiger partial charge in [0, 0.05) is 40.7 Å². The van der Waals surface area contributed by atoms with Crippen molar-refractivity contribution in [3.8, 4) is 5.75 Å². The molecule has 0 spiro atoms. The van der Waals surface area contributed by atoms with Crippen molar-refractivity contribution in [2.45, 2.75) is 38.5 Å². The molecule has 4 rings (SSSR count). The summed E-state index contributed by atoms with van der Waals surface area (Å²) in [6.07, 6.45) is 2.31. The third-order valence-corrected chi connectivity index (χ3v) is 5.61.